The van der Waals surface area contributed by atoms with Crippen LogP contribution in [0.5, 0.6) is 5.88 Å². The van der Waals surface area contributed by atoms with Gasteiger partial charge in [-0.05, 0) is 19.1 Å². The molecule has 1 aliphatic heterocycles. The van der Waals surface area contributed by atoms with E-state index in [1.54, 1.807) is 32.5 Å². The van der Waals surface area contributed by atoms with Gasteiger partial charge in [0.25, 0.3) is 5.91 Å². The second kappa shape index (κ2) is 11.1. The molecule has 6 rings (SSSR count). The van der Waals surface area contributed by atoms with Crippen molar-refractivity contribution in [2.24, 2.45) is 0 Å². The van der Waals surface area contributed by atoms with E-state index in [0.717, 1.165) is 39.4 Å². The van der Waals surface area contributed by atoms with Gasteiger partial charge in [-0.1, -0.05) is 29.8 Å². The topological polar surface area (TPSA) is 124 Å². The van der Waals surface area contributed by atoms with Crippen molar-refractivity contribution < 1.29 is 27.1 Å². The van der Waals surface area contributed by atoms with Crippen LogP contribution >= 0.6 is 11.3 Å². The monoisotopic (exact) mass is 618 g/mol. The largest absolute Gasteiger partial charge is 0.480 e. The maximum atomic E-state index is 13.3. The highest BCUT2D eigenvalue weighted by Crippen LogP contribution is 2.43. The van der Waals surface area contributed by atoms with Crippen LogP contribution < -0.4 is 14.4 Å². The van der Waals surface area contributed by atoms with E-state index in [1.807, 2.05) is 37.3 Å². The first kappa shape index (κ1) is 28.8. The van der Waals surface area contributed by atoms with Crippen molar-refractivity contribution in [3.8, 4) is 38.9 Å². The summed E-state index contributed by atoms with van der Waals surface area (Å²) in [5.74, 6) is 0.461. The summed E-state index contributed by atoms with van der Waals surface area (Å²) in [6, 6.07) is 13.0. The lowest BCUT2D eigenvalue weighted by atomic mass is 9.98. The molecule has 1 N–H and O–H groups in total. The summed E-state index contributed by atoms with van der Waals surface area (Å²) in [6.07, 6.45) is 3.49. The number of pyridine rings is 1. The van der Waals surface area contributed by atoms with E-state index < -0.39 is 10.0 Å². The number of rotatable bonds is 7. The molecule has 2 aromatic carbocycles. The van der Waals surface area contributed by atoms with Crippen molar-refractivity contribution in [3.05, 3.63) is 70.4 Å². The average Bonchev–Trinajstić information content (AvgIpc) is 3.61. The van der Waals surface area contributed by atoms with Gasteiger partial charge in [-0.2, -0.15) is 0 Å². The SMILES string of the molecule is CNC(=O)c1c(-c2ccc(C)cc2)oc2cc(N(C)S(C)(=O)=O)c(-c3cnc(OC)c(-c4nc5c(s4)COCC5)c3)cc12. The van der Waals surface area contributed by atoms with E-state index in [0.29, 0.717) is 63.8 Å². The Balaban J connectivity index is 1.61. The zero-order valence-electron chi connectivity index (χ0n) is 24.3. The number of hydrogen-bond donors (Lipinski definition) is 1. The minimum atomic E-state index is -3.67. The van der Waals surface area contributed by atoms with Gasteiger partial charge in [0, 0.05) is 54.9 Å². The van der Waals surface area contributed by atoms with Gasteiger partial charge in [0.1, 0.15) is 16.4 Å². The number of methoxy groups -OCH3 is 1. The lowest BCUT2D eigenvalue weighted by Gasteiger charge is -2.21. The van der Waals surface area contributed by atoms with Crippen LogP contribution in [0.4, 0.5) is 5.69 Å². The number of nitrogens with one attached hydrogen (secondary N) is 1. The van der Waals surface area contributed by atoms with Gasteiger partial charge in [-0.25, -0.2) is 18.4 Å². The van der Waals surface area contributed by atoms with Crippen molar-refractivity contribution in [2.75, 3.05) is 38.4 Å². The van der Waals surface area contributed by atoms with E-state index in [2.05, 4.69) is 10.3 Å². The Kier molecular flexibility index (Phi) is 7.45. The van der Waals surface area contributed by atoms with Crippen LogP contribution in [-0.4, -0.2) is 58.4 Å². The Morgan fingerprint density at radius 2 is 1.88 bits per heavy atom. The number of fused-ring (bicyclic) bond motifs is 2. The summed E-state index contributed by atoms with van der Waals surface area (Å²) in [4.78, 5) is 23.8. The van der Waals surface area contributed by atoms with Gasteiger partial charge < -0.3 is 19.2 Å². The van der Waals surface area contributed by atoms with Crippen molar-refractivity contribution in [1.29, 1.82) is 0 Å². The summed E-state index contributed by atoms with van der Waals surface area (Å²) in [5, 5.41) is 3.99. The van der Waals surface area contributed by atoms with Crippen molar-refractivity contribution >= 4 is 43.9 Å². The van der Waals surface area contributed by atoms with Crippen LogP contribution in [0, 0.1) is 6.92 Å². The number of sulfonamides is 1. The minimum Gasteiger partial charge on any atom is -0.480 e. The molecule has 0 aliphatic carbocycles. The predicted octanol–water partition coefficient (Wildman–Crippen LogP) is 5.43. The Bertz CT molecular complexity index is 1960. The highest BCUT2D eigenvalue weighted by atomic mass is 32.2. The Morgan fingerprint density at radius 3 is 2.56 bits per heavy atom. The fourth-order valence-corrected chi connectivity index (χ4v) is 6.68. The number of anilines is 1. The predicted molar refractivity (Wildman–Crippen MR) is 167 cm³/mol. The summed E-state index contributed by atoms with van der Waals surface area (Å²) in [5.41, 5.74) is 5.72. The fourth-order valence-electron chi connectivity index (χ4n) is 5.12. The number of hydrogen-bond acceptors (Lipinski definition) is 9. The number of aromatic nitrogens is 2. The molecule has 1 aliphatic rings. The highest BCUT2D eigenvalue weighted by Gasteiger charge is 2.27. The van der Waals surface area contributed by atoms with Crippen molar-refractivity contribution in [1.82, 2.24) is 15.3 Å². The summed E-state index contributed by atoms with van der Waals surface area (Å²) < 4.78 is 44.3. The molecule has 3 aromatic heterocycles. The third-order valence-corrected chi connectivity index (χ3v) is 9.79. The molecule has 0 unspecified atom stereocenters. The van der Waals surface area contributed by atoms with Gasteiger partial charge in [0.15, 0.2) is 0 Å². The molecule has 0 atom stereocenters. The number of carbonyl (C=O) groups is 1. The molecule has 10 nitrogen and oxygen atoms in total. The van der Waals surface area contributed by atoms with E-state index >= 15 is 0 Å². The molecule has 12 heteroatoms. The molecule has 43 heavy (non-hydrogen) atoms. The first-order chi connectivity index (χ1) is 20.6. The number of benzene rings is 2. The molecule has 1 amide bonds. The normalized spacial score (nSPS) is 13.1. The number of amides is 1. The van der Waals surface area contributed by atoms with E-state index in [9.17, 15) is 13.2 Å². The van der Waals surface area contributed by atoms with Gasteiger partial charge in [0.05, 0.1) is 54.0 Å². The molecular weight excluding hydrogens is 588 g/mol. The number of aryl methyl sites for hydroxylation is 1. The zero-order valence-corrected chi connectivity index (χ0v) is 26.0. The Labute approximate surface area is 253 Å². The first-order valence-corrected chi connectivity index (χ1v) is 16.2. The maximum Gasteiger partial charge on any atom is 0.255 e. The number of furan rings is 1. The van der Waals surface area contributed by atoms with Gasteiger partial charge >= 0.3 is 0 Å². The van der Waals surface area contributed by atoms with Crippen LogP contribution in [0.1, 0.15) is 26.5 Å². The van der Waals surface area contributed by atoms with Crippen LogP contribution in [0.3, 0.4) is 0 Å². The molecule has 5 aromatic rings. The summed E-state index contributed by atoms with van der Waals surface area (Å²) in [7, 11) is 0.919. The Hall–Kier alpha value is -4.26. The summed E-state index contributed by atoms with van der Waals surface area (Å²) in [6.45, 7) is 3.11. The quantitative estimate of drug-likeness (QED) is 0.256. The number of thiazole rings is 1. The Morgan fingerprint density at radius 1 is 1.12 bits per heavy atom. The van der Waals surface area contributed by atoms with Crippen LogP contribution in [-0.2, 0) is 27.8 Å². The van der Waals surface area contributed by atoms with E-state index in [4.69, 9.17) is 18.9 Å². The van der Waals surface area contributed by atoms with Gasteiger partial charge in [-0.3, -0.25) is 9.10 Å². The van der Waals surface area contributed by atoms with Crippen LogP contribution in [0.25, 0.3) is 44.0 Å². The van der Waals surface area contributed by atoms with Crippen molar-refractivity contribution in [2.45, 2.75) is 20.0 Å². The molecular formula is C31H30N4O6S2. The molecule has 0 spiro atoms. The standard InChI is InChI=1S/C31H30N4O6S2/c1-17-6-8-18(9-7-17)28-27(29(36)32-2)21-13-20(24(14-25(21)41-28)35(3)43(5,37)38)19-12-22(30(39-4)33-15-19)31-34-23-10-11-40-16-26(23)42-31/h6-9,12-15H,10-11,16H2,1-5H3,(H,32,36). The van der Waals surface area contributed by atoms with Gasteiger partial charge in [0.2, 0.25) is 15.9 Å². The molecule has 0 radical (unpaired) electrons. The highest BCUT2D eigenvalue weighted by molar-refractivity contribution is 7.92. The molecule has 0 bridgehead atoms. The third kappa shape index (κ3) is 5.26. The first-order valence-electron chi connectivity index (χ1n) is 13.5. The van der Waals surface area contributed by atoms with E-state index in [1.165, 1.54) is 22.7 Å². The zero-order chi connectivity index (χ0) is 30.5. The second-order valence-electron chi connectivity index (χ2n) is 10.3. The number of nitrogens with zero attached hydrogens (tertiary/aromatic N) is 3. The number of carbonyl (C=O) groups excluding carboxylic acids is 1. The lowest BCUT2D eigenvalue weighted by Crippen LogP contribution is -2.25. The lowest BCUT2D eigenvalue weighted by molar-refractivity contribution is 0.0964. The smallest absolute Gasteiger partial charge is 0.255 e. The molecule has 4 heterocycles. The van der Waals surface area contributed by atoms with Crippen LogP contribution in [0.15, 0.2) is 53.1 Å². The fraction of sp³-hybridized carbons (Fsp3) is 0.258. The molecule has 222 valence electrons. The van der Waals surface area contributed by atoms with Gasteiger partial charge in [-0.15, -0.1) is 11.3 Å². The van der Waals surface area contributed by atoms with Crippen molar-refractivity contribution in [3.63, 3.8) is 0 Å². The second-order valence-corrected chi connectivity index (χ2v) is 13.4. The molecule has 0 fully saturated rings. The average molecular weight is 619 g/mol. The third-order valence-electron chi connectivity index (χ3n) is 7.49. The summed E-state index contributed by atoms with van der Waals surface area (Å²) >= 11 is 1.52. The number of ether oxygens (including phenoxy) is 2. The molecule has 0 saturated heterocycles. The van der Waals surface area contributed by atoms with E-state index in [-0.39, 0.29) is 5.91 Å². The van der Waals surface area contributed by atoms with Crippen LogP contribution in [0.2, 0.25) is 0 Å². The maximum absolute atomic E-state index is 13.3. The minimum absolute atomic E-state index is 0.325. The molecule has 0 saturated carbocycles.